The van der Waals surface area contributed by atoms with Gasteiger partial charge in [-0.1, -0.05) is 130 Å². The molecule has 0 heteroatoms. The molecule has 0 spiro atoms. The predicted molar refractivity (Wildman–Crippen MR) is 182 cm³/mol. The first-order chi connectivity index (χ1) is 18.8. The fourth-order valence-corrected chi connectivity index (χ4v) is 6.42. The van der Waals surface area contributed by atoms with Crippen molar-refractivity contribution in [3.8, 4) is 0 Å². The Morgan fingerprint density at radius 1 is 0.900 bits per heavy atom. The fourth-order valence-electron chi connectivity index (χ4n) is 6.42. The molecule has 0 saturated heterocycles. The third-order valence-corrected chi connectivity index (χ3v) is 9.18. The quantitative estimate of drug-likeness (QED) is 0.116. The molecule has 2 aliphatic rings. The molecule has 0 N–H and O–H groups in total. The maximum absolute atomic E-state index is 2.45. The van der Waals surface area contributed by atoms with Crippen LogP contribution in [-0.2, 0) is 0 Å². The Kier molecular flexibility index (Phi) is 14.0. The fraction of sp³-hybridized carbons (Fsp3) is 0.600. The van der Waals surface area contributed by atoms with Gasteiger partial charge in [-0.25, -0.2) is 0 Å². The summed E-state index contributed by atoms with van der Waals surface area (Å²) in [6.45, 7) is 23.4. The van der Waals surface area contributed by atoms with Crippen molar-refractivity contribution in [1.82, 2.24) is 0 Å². The summed E-state index contributed by atoms with van der Waals surface area (Å²) in [6, 6.07) is 0. The van der Waals surface area contributed by atoms with Gasteiger partial charge in [-0.15, -0.1) is 0 Å². The Bertz CT molecular complexity index is 1050. The van der Waals surface area contributed by atoms with Crippen LogP contribution in [0.2, 0.25) is 0 Å². The lowest BCUT2D eigenvalue weighted by molar-refractivity contribution is 0.344. The van der Waals surface area contributed by atoms with Gasteiger partial charge in [-0.3, -0.25) is 0 Å². The lowest BCUT2D eigenvalue weighted by Crippen LogP contribution is -2.20. The first-order valence-corrected chi connectivity index (χ1v) is 16.2. The third-order valence-electron chi connectivity index (χ3n) is 9.18. The second kappa shape index (κ2) is 16.4. The van der Waals surface area contributed by atoms with Gasteiger partial charge < -0.3 is 0 Å². The van der Waals surface area contributed by atoms with Crippen molar-refractivity contribution in [3.05, 3.63) is 94.2 Å². The van der Waals surface area contributed by atoms with Crippen LogP contribution in [0, 0.1) is 22.7 Å². The second-order valence-corrected chi connectivity index (χ2v) is 14.2. The molecule has 0 aromatic heterocycles. The number of hydrogen-bond donors (Lipinski definition) is 0. The molecule has 0 nitrogen and oxygen atoms in total. The number of hydrogen-bond acceptors (Lipinski definition) is 0. The maximum atomic E-state index is 2.45. The molecule has 0 aromatic rings. The van der Waals surface area contributed by atoms with Crippen molar-refractivity contribution in [2.75, 3.05) is 0 Å². The van der Waals surface area contributed by atoms with Gasteiger partial charge in [0.05, 0.1) is 0 Å². The standard InChI is InChI=1S/C40H62/c1-31(19-13-21-33(3)25-27-37-35(5)23-15-29-39(37,7)8)17-11-12-18-32(2)20-14-22-34(4)26-28-38-36(6)24-16-30-40(38,9)10/h13-15,17-20,25,27,29,33-34H,11-12,16,21-24,26,28,30H2,1-10H3/b19-13-,20-14-,27-25+,31-17+,32-18+. The SMILES string of the molecule is CC1=C(/C=C/C(C)C/C=C\C(C)=C\CC/C=C(C)/C=C\CC(C)CCC2=C(C)CCCC2(C)C)C(C)(C)C=CC1. The van der Waals surface area contributed by atoms with Crippen molar-refractivity contribution in [3.63, 3.8) is 0 Å². The zero-order chi connectivity index (χ0) is 29.8. The average Bonchev–Trinajstić information content (AvgIpc) is 2.85. The molecule has 0 aliphatic heterocycles. The molecule has 0 heterocycles. The molecule has 0 fully saturated rings. The van der Waals surface area contributed by atoms with Crippen molar-refractivity contribution in [2.45, 2.75) is 133 Å². The Balaban J connectivity index is 1.69. The lowest BCUT2D eigenvalue weighted by atomic mass is 9.70. The van der Waals surface area contributed by atoms with E-state index < -0.39 is 0 Å². The van der Waals surface area contributed by atoms with E-state index in [0.29, 0.717) is 11.3 Å². The highest BCUT2D eigenvalue weighted by Gasteiger charge is 2.28. The van der Waals surface area contributed by atoms with E-state index >= 15 is 0 Å². The van der Waals surface area contributed by atoms with Crippen LogP contribution in [0.25, 0.3) is 0 Å². The predicted octanol–water partition coefficient (Wildman–Crippen LogP) is 13.0. The molecule has 0 radical (unpaired) electrons. The van der Waals surface area contributed by atoms with Crippen LogP contribution in [0.4, 0.5) is 0 Å². The summed E-state index contributed by atoms with van der Waals surface area (Å²) in [6.07, 6.45) is 35.7. The molecular formula is C40H62. The Morgan fingerprint density at radius 2 is 1.52 bits per heavy atom. The van der Waals surface area contributed by atoms with Crippen LogP contribution in [0.15, 0.2) is 94.2 Å². The summed E-state index contributed by atoms with van der Waals surface area (Å²) in [7, 11) is 0. The van der Waals surface area contributed by atoms with E-state index in [1.54, 1.807) is 11.1 Å². The molecule has 2 aliphatic carbocycles. The first-order valence-electron chi connectivity index (χ1n) is 16.2. The summed E-state index contributed by atoms with van der Waals surface area (Å²) >= 11 is 0. The van der Waals surface area contributed by atoms with Crippen LogP contribution in [0.1, 0.15) is 133 Å². The number of allylic oxidation sites excluding steroid dienone is 16. The molecule has 222 valence electrons. The minimum Gasteiger partial charge on any atom is -0.0840 e. The topological polar surface area (TPSA) is 0 Å². The van der Waals surface area contributed by atoms with Gasteiger partial charge >= 0.3 is 0 Å². The summed E-state index contributed by atoms with van der Waals surface area (Å²) in [4.78, 5) is 0. The highest BCUT2D eigenvalue weighted by atomic mass is 14.3. The van der Waals surface area contributed by atoms with Crippen molar-refractivity contribution < 1.29 is 0 Å². The zero-order valence-electron chi connectivity index (χ0n) is 28.0. The lowest BCUT2D eigenvalue weighted by Gasteiger charge is -2.35. The van der Waals surface area contributed by atoms with Gasteiger partial charge in [-0.05, 0) is 115 Å². The molecule has 0 aromatic carbocycles. The van der Waals surface area contributed by atoms with E-state index in [0.717, 1.165) is 31.6 Å². The smallest absolute Gasteiger partial charge is 0.00748 e. The van der Waals surface area contributed by atoms with Gasteiger partial charge in [0, 0.05) is 5.41 Å². The average molecular weight is 543 g/mol. The highest BCUT2D eigenvalue weighted by Crippen LogP contribution is 2.43. The maximum Gasteiger partial charge on any atom is 0.00748 e. The molecule has 2 atom stereocenters. The third kappa shape index (κ3) is 11.8. The number of unbranched alkanes of at least 4 members (excludes halogenated alkanes) is 1. The van der Waals surface area contributed by atoms with Crippen molar-refractivity contribution in [2.24, 2.45) is 22.7 Å². The van der Waals surface area contributed by atoms with E-state index in [2.05, 4.69) is 130 Å². The first kappa shape index (κ1) is 34.1. The van der Waals surface area contributed by atoms with Crippen molar-refractivity contribution in [1.29, 1.82) is 0 Å². The van der Waals surface area contributed by atoms with Crippen LogP contribution in [-0.4, -0.2) is 0 Å². The van der Waals surface area contributed by atoms with Gasteiger partial charge in [0.25, 0.3) is 0 Å². The van der Waals surface area contributed by atoms with E-state index in [1.807, 2.05) is 0 Å². The van der Waals surface area contributed by atoms with Crippen molar-refractivity contribution >= 4 is 0 Å². The minimum absolute atomic E-state index is 0.151. The van der Waals surface area contributed by atoms with Gasteiger partial charge in [0.2, 0.25) is 0 Å². The summed E-state index contributed by atoms with van der Waals surface area (Å²) in [5.41, 5.74) is 9.74. The largest absolute Gasteiger partial charge is 0.0840 e. The van der Waals surface area contributed by atoms with E-state index in [9.17, 15) is 0 Å². The Morgan fingerprint density at radius 3 is 2.12 bits per heavy atom. The van der Waals surface area contributed by atoms with Crippen LogP contribution in [0.5, 0.6) is 0 Å². The minimum atomic E-state index is 0.151. The molecule has 2 unspecified atom stereocenters. The van der Waals surface area contributed by atoms with E-state index in [4.69, 9.17) is 0 Å². The van der Waals surface area contributed by atoms with E-state index in [-0.39, 0.29) is 5.41 Å². The molecule has 0 amide bonds. The van der Waals surface area contributed by atoms with Crippen LogP contribution in [0.3, 0.4) is 0 Å². The van der Waals surface area contributed by atoms with Gasteiger partial charge in [0.15, 0.2) is 0 Å². The Labute approximate surface area is 249 Å². The zero-order valence-corrected chi connectivity index (χ0v) is 28.0. The van der Waals surface area contributed by atoms with Gasteiger partial charge in [-0.2, -0.15) is 0 Å². The summed E-state index contributed by atoms with van der Waals surface area (Å²) in [5, 5.41) is 0. The molecule has 2 rings (SSSR count). The normalized spacial score (nSPS) is 21.9. The van der Waals surface area contributed by atoms with Gasteiger partial charge in [0.1, 0.15) is 0 Å². The molecule has 0 bridgehead atoms. The molecule has 40 heavy (non-hydrogen) atoms. The second-order valence-electron chi connectivity index (χ2n) is 14.2. The molecular weight excluding hydrogens is 480 g/mol. The monoisotopic (exact) mass is 542 g/mol. The summed E-state index contributed by atoms with van der Waals surface area (Å²) < 4.78 is 0. The summed E-state index contributed by atoms with van der Waals surface area (Å²) in [5.74, 6) is 1.29. The highest BCUT2D eigenvalue weighted by molar-refractivity contribution is 5.38. The van der Waals surface area contributed by atoms with Crippen LogP contribution >= 0.6 is 0 Å². The van der Waals surface area contributed by atoms with Crippen LogP contribution < -0.4 is 0 Å². The molecule has 0 saturated carbocycles. The number of rotatable bonds is 14. The Hall–Kier alpha value is -2.08. The van der Waals surface area contributed by atoms with E-state index in [1.165, 1.54) is 60.8 Å².